The molecule has 1 N–H and O–H groups in total. The zero-order valence-electron chi connectivity index (χ0n) is 10.9. The summed E-state index contributed by atoms with van der Waals surface area (Å²) >= 11 is 0. The van der Waals surface area contributed by atoms with E-state index in [0.29, 0.717) is 17.2 Å². The predicted molar refractivity (Wildman–Crippen MR) is 72.2 cm³/mol. The van der Waals surface area contributed by atoms with Gasteiger partial charge in [-0.3, -0.25) is 0 Å². The lowest BCUT2D eigenvalue weighted by Crippen LogP contribution is -2.10. The third-order valence-electron chi connectivity index (χ3n) is 2.93. The average Bonchev–Trinajstić information content (AvgIpc) is 2.97. The van der Waals surface area contributed by atoms with Crippen LogP contribution in [0.2, 0.25) is 0 Å². The highest BCUT2D eigenvalue weighted by atomic mass is 16.3. The second-order valence-corrected chi connectivity index (χ2v) is 4.34. The summed E-state index contributed by atoms with van der Waals surface area (Å²) in [7, 11) is 0. The molecule has 0 saturated carbocycles. The van der Waals surface area contributed by atoms with Crippen molar-refractivity contribution in [3.05, 3.63) is 66.0 Å². The number of aliphatic hydroxyl groups is 1. The minimum atomic E-state index is -0.896. The lowest BCUT2D eigenvalue weighted by molar-refractivity contribution is 0.206. The van der Waals surface area contributed by atoms with E-state index in [1.807, 2.05) is 30.3 Å². The van der Waals surface area contributed by atoms with Crippen molar-refractivity contribution < 1.29 is 5.11 Å². The van der Waals surface area contributed by atoms with Gasteiger partial charge in [0.1, 0.15) is 11.9 Å². The molecule has 0 aliphatic heterocycles. The lowest BCUT2D eigenvalue weighted by atomic mass is 10.2. The molecule has 0 spiro atoms. The fourth-order valence-corrected chi connectivity index (χ4v) is 1.98. The van der Waals surface area contributed by atoms with Gasteiger partial charge in [0.2, 0.25) is 0 Å². The molecule has 0 radical (unpaired) electrons. The number of benzene rings is 1. The van der Waals surface area contributed by atoms with E-state index < -0.39 is 6.10 Å². The smallest absolute Gasteiger partial charge is 0.140 e. The first-order valence-electron chi connectivity index (χ1n) is 6.19. The zero-order valence-corrected chi connectivity index (χ0v) is 10.9. The number of aryl methyl sites for hydroxylation is 1. The van der Waals surface area contributed by atoms with E-state index in [0.717, 1.165) is 5.69 Å². The van der Waals surface area contributed by atoms with E-state index in [2.05, 4.69) is 20.3 Å². The van der Waals surface area contributed by atoms with E-state index in [9.17, 15) is 5.11 Å². The van der Waals surface area contributed by atoms with E-state index in [1.54, 1.807) is 23.9 Å². The highest BCUT2D eigenvalue weighted by molar-refractivity contribution is 5.33. The van der Waals surface area contributed by atoms with Crippen molar-refractivity contribution in [2.24, 2.45) is 0 Å². The van der Waals surface area contributed by atoms with Gasteiger partial charge < -0.3 is 5.11 Å². The molecule has 1 unspecified atom stereocenters. The largest absolute Gasteiger partial charge is 0.380 e. The zero-order chi connectivity index (χ0) is 13.9. The molecule has 100 valence electrons. The number of hydrogen-bond acceptors (Lipinski definition) is 5. The second kappa shape index (κ2) is 5.18. The van der Waals surface area contributed by atoms with Crippen molar-refractivity contribution in [2.75, 3.05) is 0 Å². The molecular weight excluding hydrogens is 254 g/mol. The van der Waals surface area contributed by atoms with Crippen LogP contribution < -0.4 is 0 Å². The molecule has 0 fully saturated rings. The summed E-state index contributed by atoms with van der Waals surface area (Å²) in [6.07, 6.45) is 2.26. The molecule has 20 heavy (non-hydrogen) atoms. The fraction of sp³-hybridized carbons (Fsp3) is 0.143. The average molecular weight is 267 g/mol. The van der Waals surface area contributed by atoms with Gasteiger partial charge in [0.25, 0.3) is 0 Å². The summed E-state index contributed by atoms with van der Waals surface area (Å²) in [5.41, 5.74) is 1.93. The monoisotopic (exact) mass is 267 g/mol. The quantitative estimate of drug-likeness (QED) is 0.777. The maximum Gasteiger partial charge on any atom is 0.140 e. The van der Waals surface area contributed by atoms with Crippen molar-refractivity contribution >= 4 is 0 Å². The van der Waals surface area contributed by atoms with Crippen LogP contribution in [0, 0.1) is 6.92 Å². The van der Waals surface area contributed by atoms with Crippen LogP contribution in [0.15, 0.2) is 48.8 Å². The third kappa shape index (κ3) is 2.28. The topological polar surface area (TPSA) is 76.7 Å². The first-order chi connectivity index (χ1) is 9.75. The number of aliphatic hydroxyl groups excluding tert-OH is 1. The molecular formula is C14H13N5O. The van der Waals surface area contributed by atoms with Crippen molar-refractivity contribution in [3.63, 3.8) is 0 Å². The number of hydrogen-bond donors (Lipinski definition) is 1. The molecule has 3 aromatic rings. The molecule has 1 aromatic carbocycles. The molecule has 0 amide bonds. The van der Waals surface area contributed by atoms with Crippen molar-refractivity contribution in [3.8, 4) is 5.69 Å². The Hall–Kier alpha value is -2.60. The molecule has 0 bridgehead atoms. The first-order valence-corrected chi connectivity index (χ1v) is 6.19. The molecule has 0 aliphatic carbocycles. The van der Waals surface area contributed by atoms with Crippen LogP contribution in [-0.4, -0.2) is 30.1 Å². The Labute approximate surface area is 115 Å². The van der Waals surface area contributed by atoms with Gasteiger partial charge in [-0.25, -0.2) is 14.6 Å². The van der Waals surface area contributed by atoms with Crippen LogP contribution in [0.5, 0.6) is 0 Å². The Bertz CT molecular complexity index is 710. The van der Waals surface area contributed by atoms with E-state index in [1.165, 1.54) is 6.20 Å². The maximum atomic E-state index is 10.5. The highest BCUT2D eigenvalue weighted by Gasteiger charge is 2.18. The summed E-state index contributed by atoms with van der Waals surface area (Å²) < 4.78 is 1.60. The van der Waals surface area contributed by atoms with E-state index in [4.69, 9.17) is 0 Å². The Morgan fingerprint density at radius 1 is 1.15 bits per heavy atom. The summed E-state index contributed by atoms with van der Waals surface area (Å²) in [5, 5.41) is 18.4. The van der Waals surface area contributed by atoms with Gasteiger partial charge in [-0.15, -0.1) is 5.10 Å². The summed E-state index contributed by atoms with van der Waals surface area (Å²) in [6.45, 7) is 1.78. The number of para-hydroxylation sites is 1. The predicted octanol–water partition coefficient (Wildman–Crippen LogP) is 1.45. The fourth-order valence-electron chi connectivity index (χ4n) is 1.98. The van der Waals surface area contributed by atoms with E-state index in [-0.39, 0.29) is 0 Å². The van der Waals surface area contributed by atoms with Gasteiger partial charge in [0.05, 0.1) is 23.3 Å². The van der Waals surface area contributed by atoms with Crippen LogP contribution in [0.3, 0.4) is 0 Å². The molecule has 0 saturated heterocycles. The molecule has 2 heterocycles. The molecule has 2 aromatic heterocycles. The summed E-state index contributed by atoms with van der Waals surface area (Å²) in [5.74, 6) is 0.611. The van der Waals surface area contributed by atoms with Crippen LogP contribution in [0.1, 0.15) is 23.3 Å². The normalized spacial score (nSPS) is 12.3. The van der Waals surface area contributed by atoms with Crippen molar-refractivity contribution in [1.82, 2.24) is 25.0 Å². The minimum Gasteiger partial charge on any atom is -0.380 e. The second-order valence-electron chi connectivity index (χ2n) is 4.34. The highest BCUT2D eigenvalue weighted by Crippen LogP contribution is 2.21. The minimum absolute atomic E-state index is 0.525. The molecule has 3 rings (SSSR count). The third-order valence-corrected chi connectivity index (χ3v) is 2.93. The van der Waals surface area contributed by atoms with E-state index >= 15 is 0 Å². The Kier molecular flexibility index (Phi) is 3.22. The Balaban J connectivity index is 2.02. The lowest BCUT2D eigenvalue weighted by Gasteiger charge is -2.12. The summed E-state index contributed by atoms with van der Waals surface area (Å²) in [6, 6.07) is 11.2. The van der Waals surface area contributed by atoms with Gasteiger partial charge in [0.15, 0.2) is 0 Å². The maximum absolute atomic E-state index is 10.5. The van der Waals surface area contributed by atoms with Gasteiger partial charge >= 0.3 is 0 Å². The Morgan fingerprint density at radius 3 is 2.70 bits per heavy atom. The number of nitrogens with zero attached hydrogens (tertiary/aromatic N) is 5. The molecule has 1 atom stereocenters. The standard InChI is InChI=1S/C14H13N5O/c1-10-15-8-7-12(17-10)14(20)13-9-16-18-19(13)11-5-3-2-4-6-11/h2-9,14,20H,1H3. The van der Waals surface area contributed by atoms with Gasteiger partial charge in [0, 0.05) is 6.20 Å². The molecule has 0 aliphatic rings. The van der Waals surface area contributed by atoms with Gasteiger partial charge in [-0.2, -0.15) is 0 Å². The first kappa shape index (κ1) is 12.4. The van der Waals surface area contributed by atoms with Crippen LogP contribution in [-0.2, 0) is 0 Å². The van der Waals surface area contributed by atoms with Crippen molar-refractivity contribution in [1.29, 1.82) is 0 Å². The van der Waals surface area contributed by atoms with Gasteiger partial charge in [-0.1, -0.05) is 23.4 Å². The molecule has 6 nitrogen and oxygen atoms in total. The number of aromatic nitrogens is 5. The van der Waals surface area contributed by atoms with Crippen LogP contribution in [0.25, 0.3) is 5.69 Å². The van der Waals surface area contributed by atoms with Crippen molar-refractivity contribution in [2.45, 2.75) is 13.0 Å². The van der Waals surface area contributed by atoms with Crippen LogP contribution >= 0.6 is 0 Å². The molecule has 6 heteroatoms. The van der Waals surface area contributed by atoms with Crippen LogP contribution in [0.4, 0.5) is 0 Å². The Morgan fingerprint density at radius 2 is 1.95 bits per heavy atom. The summed E-state index contributed by atoms with van der Waals surface area (Å²) in [4.78, 5) is 8.26. The SMILES string of the molecule is Cc1nccc(C(O)c2cnnn2-c2ccccc2)n1. The van der Waals surface area contributed by atoms with Gasteiger partial charge in [-0.05, 0) is 25.1 Å². The number of rotatable bonds is 3.